The van der Waals surface area contributed by atoms with Crippen LogP contribution in [0.4, 0.5) is 13.2 Å². The lowest BCUT2D eigenvalue weighted by molar-refractivity contribution is -0.135. The Balaban J connectivity index is 3.08. The van der Waals surface area contributed by atoms with Crippen molar-refractivity contribution in [2.24, 2.45) is 5.73 Å². The molecule has 1 aromatic heterocycles. The second-order valence-electron chi connectivity index (χ2n) is 1.96. The third-order valence-corrected chi connectivity index (χ3v) is 2.20. The summed E-state index contributed by atoms with van der Waals surface area (Å²) in [4.78, 5) is 2.13. The molecule has 0 spiro atoms. The van der Waals surface area contributed by atoms with Crippen molar-refractivity contribution in [3.8, 4) is 5.88 Å². The molecule has 0 saturated carbocycles. The van der Waals surface area contributed by atoms with Crippen LogP contribution in [0.2, 0.25) is 0 Å². The van der Waals surface area contributed by atoms with Gasteiger partial charge in [-0.25, -0.2) is 4.98 Å². The van der Waals surface area contributed by atoms with Crippen LogP contribution in [0.15, 0.2) is 0 Å². The Morgan fingerprint density at radius 1 is 1.50 bits per heavy atom. The van der Waals surface area contributed by atoms with E-state index >= 15 is 0 Å². The van der Waals surface area contributed by atoms with Crippen LogP contribution in [-0.2, 0) is 12.7 Å². The summed E-state index contributed by atoms with van der Waals surface area (Å²) in [6.07, 6.45) is -4.55. The highest BCUT2D eigenvalue weighted by Crippen LogP contribution is 2.39. The van der Waals surface area contributed by atoms with Crippen LogP contribution in [0.5, 0.6) is 5.88 Å². The van der Waals surface area contributed by atoms with Crippen molar-refractivity contribution in [3.63, 3.8) is 0 Å². The van der Waals surface area contributed by atoms with Crippen molar-refractivity contribution in [1.29, 1.82) is 0 Å². The van der Waals surface area contributed by atoms with Gasteiger partial charge in [0.25, 0.3) is 0 Å². The van der Waals surface area contributed by atoms with Gasteiger partial charge in [-0.3, -0.25) is 0 Å². The standard InChI is InChI=1S/C5H5F3N2OS/c6-5(7,8)3-4(11)10-2(1-9)12-3/h11H,1,9H2. The molecule has 0 saturated heterocycles. The summed E-state index contributed by atoms with van der Waals surface area (Å²) in [5.41, 5.74) is 5.04. The van der Waals surface area contributed by atoms with Crippen molar-refractivity contribution < 1.29 is 18.3 Å². The minimum absolute atomic E-state index is 0.0693. The van der Waals surface area contributed by atoms with Gasteiger partial charge in [-0.2, -0.15) is 13.2 Å². The van der Waals surface area contributed by atoms with Crippen LogP contribution in [0, 0.1) is 0 Å². The van der Waals surface area contributed by atoms with Gasteiger partial charge in [0.15, 0.2) is 4.88 Å². The van der Waals surface area contributed by atoms with Gasteiger partial charge in [0.2, 0.25) is 5.88 Å². The van der Waals surface area contributed by atoms with Gasteiger partial charge in [0.1, 0.15) is 5.01 Å². The smallest absolute Gasteiger partial charge is 0.430 e. The average molecular weight is 198 g/mol. The first-order chi connectivity index (χ1) is 5.45. The Hall–Kier alpha value is -0.820. The van der Waals surface area contributed by atoms with E-state index in [0.717, 1.165) is 0 Å². The molecule has 0 radical (unpaired) electrons. The number of aromatic hydroxyl groups is 1. The third kappa shape index (κ3) is 1.67. The first-order valence-corrected chi connectivity index (χ1v) is 3.72. The van der Waals surface area contributed by atoms with E-state index in [1.54, 1.807) is 0 Å². The Morgan fingerprint density at radius 2 is 2.08 bits per heavy atom. The van der Waals surface area contributed by atoms with Crippen molar-refractivity contribution in [1.82, 2.24) is 4.98 Å². The number of rotatable bonds is 1. The average Bonchev–Trinajstić information content (AvgIpc) is 2.29. The molecule has 3 N–H and O–H groups in total. The summed E-state index contributed by atoms with van der Waals surface area (Å²) in [7, 11) is 0. The van der Waals surface area contributed by atoms with E-state index in [0.29, 0.717) is 11.3 Å². The molecule has 1 heterocycles. The number of nitrogens with two attached hydrogens (primary N) is 1. The lowest BCUT2D eigenvalue weighted by Gasteiger charge is -2.00. The van der Waals surface area contributed by atoms with E-state index in [9.17, 15) is 13.2 Å². The van der Waals surface area contributed by atoms with E-state index in [4.69, 9.17) is 10.8 Å². The number of alkyl halides is 3. The highest BCUT2D eigenvalue weighted by Gasteiger charge is 2.37. The van der Waals surface area contributed by atoms with Gasteiger partial charge >= 0.3 is 6.18 Å². The van der Waals surface area contributed by atoms with Crippen LogP contribution in [0.1, 0.15) is 9.88 Å². The van der Waals surface area contributed by atoms with E-state index in [2.05, 4.69) is 4.98 Å². The Labute approximate surface area is 69.7 Å². The molecule has 0 atom stereocenters. The molecule has 0 amide bonds. The van der Waals surface area contributed by atoms with Crippen molar-refractivity contribution in [3.05, 3.63) is 9.88 Å². The highest BCUT2D eigenvalue weighted by atomic mass is 32.1. The van der Waals surface area contributed by atoms with Crippen molar-refractivity contribution in [2.75, 3.05) is 0 Å². The third-order valence-electron chi connectivity index (χ3n) is 1.09. The maximum absolute atomic E-state index is 12.0. The Kier molecular flexibility index (Phi) is 2.25. The molecule has 0 aliphatic heterocycles. The Bertz CT molecular complexity index is 283. The number of hydrogen-bond acceptors (Lipinski definition) is 4. The molecular weight excluding hydrogens is 193 g/mol. The Morgan fingerprint density at radius 3 is 2.33 bits per heavy atom. The molecule has 0 unspecified atom stereocenters. The fourth-order valence-corrected chi connectivity index (χ4v) is 1.33. The second kappa shape index (κ2) is 2.91. The normalized spacial score (nSPS) is 12.0. The zero-order chi connectivity index (χ0) is 9.35. The van der Waals surface area contributed by atoms with Crippen LogP contribution in [0.25, 0.3) is 0 Å². The molecule has 0 bridgehead atoms. The maximum atomic E-state index is 12.0. The van der Waals surface area contributed by atoms with Gasteiger partial charge in [-0.15, -0.1) is 11.3 Å². The van der Waals surface area contributed by atoms with Crippen molar-refractivity contribution >= 4 is 11.3 Å². The molecule has 3 nitrogen and oxygen atoms in total. The van der Waals surface area contributed by atoms with Crippen molar-refractivity contribution in [2.45, 2.75) is 12.7 Å². The number of hydrogen-bond donors (Lipinski definition) is 2. The van der Waals surface area contributed by atoms with Crippen LogP contribution in [0.3, 0.4) is 0 Å². The van der Waals surface area contributed by atoms with Gasteiger partial charge in [-0.05, 0) is 0 Å². The molecule has 12 heavy (non-hydrogen) atoms. The lowest BCUT2D eigenvalue weighted by atomic mass is 10.5. The first-order valence-electron chi connectivity index (χ1n) is 2.91. The zero-order valence-electron chi connectivity index (χ0n) is 5.72. The van der Waals surface area contributed by atoms with Gasteiger partial charge in [0, 0.05) is 6.54 Å². The first kappa shape index (κ1) is 9.27. The predicted octanol–water partition coefficient (Wildman–Crippen LogP) is 1.33. The largest absolute Gasteiger partial charge is 0.492 e. The van der Waals surface area contributed by atoms with Gasteiger partial charge < -0.3 is 10.8 Å². The fourth-order valence-electron chi connectivity index (χ4n) is 0.627. The maximum Gasteiger partial charge on any atom is 0.430 e. The summed E-state index contributed by atoms with van der Waals surface area (Å²) >= 11 is 0.355. The van der Waals surface area contributed by atoms with Crippen LogP contribution in [-0.4, -0.2) is 10.1 Å². The molecule has 1 rings (SSSR count). The fraction of sp³-hybridized carbons (Fsp3) is 0.400. The van der Waals surface area contributed by atoms with E-state index in [-0.39, 0.29) is 11.6 Å². The summed E-state index contributed by atoms with van der Waals surface area (Å²) < 4.78 is 35.9. The van der Waals surface area contributed by atoms with Crippen LogP contribution < -0.4 is 5.73 Å². The number of halogens is 3. The highest BCUT2D eigenvalue weighted by molar-refractivity contribution is 7.12. The molecule has 0 fully saturated rings. The van der Waals surface area contributed by atoms with Gasteiger partial charge in [-0.1, -0.05) is 0 Å². The number of nitrogens with zero attached hydrogens (tertiary/aromatic N) is 1. The molecule has 0 aromatic carbocycles. The van der Waals surface area contributed by atoms with E-state index in [1.165, 1.54) is 0 Å². The summed E-state index contributed by atoms with van der Waals surface area (Å²) in [6.45, 7) is -0.103. The van der Waals surface area contributed by atoms with E-state index < -0.39 is 16.9 Å². The second-order valence-corrected chi connectivity index (χ2v) is 3.05. The molecule has 68 valence electrons. The molecule has 0 aliphatic rings. The molecular formula is C5H5F3N2OS. The lowest BCUT2D eigenvalue weighted by Crippen LogP contribution is -2.01. The quantitative estimate of drug-likeness (QED) is 0.715. The summed E-state index contributed by atoms with van der Waals surface area (Å²) in [5.74, 6) is -0.993. The predicted molar refractivity (Wildman–Crippen MR) is 36.7 cm³/mol. The topological polar surface area (TPSA) is 59.1 Å². The minimum Gasteiger partial charge on any atom is -0.492 e. The van der Waals surface area contributed by atoms with Crippen LogP contribution >= 0.6 is 11.3 Å². The summed E-state index contributed by atoms with van der Waals surface area (Å²) in [6, 6.07) is 0. The number of aromatic nitrogens is 1. The summed E-state index contributed by atoms with van der Waals surface area (Å²) in [5, 5.41) is 8.79. The minimum atomic E-state index is -4.55. The number of thiazole rings is 1. The monoisotopic (exact) mass is 198 g/mol. The van der Waals surface area contributed by atoms with E-state index in [1.807, 2.05) is 0 Å². The van der Waals surface area contributed by atoms with Gasteiger partial charge in [0.05, 0.1) is 0 Å². The zero-order valence-corrected chi connectivity index (χ0v) is 6.54. The molecule has 1 aromatic rings. The SMILES string of the molecule is NCc1nc(O)c(C(F)(F)F)s1. The molecule has 7 heteroatoms. The molecule has 0 aliphatic carbocycles.